The molecule has 8 heteroatoms. The highest BCUT2D eigenvalue weighted by Gasteiger charge is 2.40. The van der Waals surface area contributed by atoms with Crippen molar-refractivity contribution in [3.05, 3.63) is 45.0 Å². The summed E-state index contributed by atoms with van der Waals surface area (Å²) in [4.78, 5) is 25.9. The summed E-state index contributed by atoms with van der Waals surface area (Å²) in [5.74, 6) is -1.30. The fraction of sp³-hybridized carbons (Fsp3) is 0.333. The lowest BCUT2D eigenvalue weighted by molar-refractivity contribution is -0.154. The molecule has 1 fully saturated rings. The van der Waals surface area contributed by atoms with E-state index >= 15 is 0 Å². The van der Waals surface area contributed by atoms with Gasteiger partial charge in [0.15, 0.2) is 5.03 Å². The zero-order chi connectivity index (χ0) is 16.4. The van der Waals surface area contributed by atoms with Crippen LogP contribution in [0, 0.1) is 0 Å². The van der Waals surface area contributed by atoms with Crippen LogP contribution in [-0.4, -0.2) is 49.4 Å². The fourth-order valence-electron chi connectivity index (χ4n) is 2.37. The number of rotatable bonds is 3. The van der Waals surface area contributed by atoms with Crippen LogP contribution in [0.5, 0.6) is 0 Å². The molecule has 0 bridgehead atoms. The molecule has 0 spiro atoms. The van der Waals surface area contributed by atoms with Crippen LogP contribution in [0.25, 0.3) is 0 Å². The molecule has 0 radical (unpaired) electrons. The lowest BCUT2D eigenvalue weighted by Crippen LogP contribution is -2.40. The smallest absolute Gasteiger partial charge is 0.355 e. The van der Waals surface area contributed by atoms with Crippen molar-refractivity contribution in [2.45, 2.75) is 6.29 Å². The Kier molecular flexibility index (Phi) is 4.89. The van der Waals surface area contributed by atoms with E-state index in [2.05, 4.69) is 15.9 Å². The topological polar surface area (TPSA) is 65.1 Å². The van der Waals surface area contributed by atoms with Gasteiger partial charge in [0.25, 0.3) is 6.29 Å². The van der Waals surface area contributed by atoms with Gasteiger partial charge in [-0.15, -0.1) is 0 Å². The Hall–Kier alpha value is -1.57. The van der Waals surface area contributed by atoms with Crippen molar-refractivity contribution in [1.82, 2.24) is 4.90 Å². The van der Waals surface area contributed by atoms with Gasteiger partial charge in [-0.25, -0.2) is 9.59 Å². The molecule has 2 aliphatic heterocycles. The minimum Gasteiger partial charge on any atom is -0.415 e. The van der Waals surface area contributed by atoms with Gasteiger partial charge in [0.2, 0.25) is 0 Å². The first-order valence-corrected chi connectivity index (χ1v) is 8.14. The van der Waals surface area contributed by atoms with Crippen LogP contribution in [-0.2, 0) is 19.0 Å². The molecular formula is C15H13BrClNO5. The maximum atomic E-state index is 12.3. The molecule has 0 N–H and O–H groups in total. The molecule has 1 atom stereocenters. The summed E-state index contributed by atoms with van der Waals surface area (Å²) in [6.45, 7) is 2.11. The average molecular weight is 403 g/mol. The van der Waals surface area contributed by atoms with Crippen LogP contribution < -0.4 is 0 Å². The Balaban J connectivity index is 1.80. The third-order valence-corrected chi connectivity index (χ3v) is 4.54. The Morgan fingerprint density at radius 2 is 2.00 bits per heavy atom. The molecule has 0 aliphatic carbocycles. The highest BCUT2D eigenvalue weighted by Crippen LogP contribution is 2.31. The predicted molar refractivity (Wildman–Crippen MR) is 84.7 cm³/mol. The van der Waals surface area contributed by atoms with Crippen molar-refractivity contribution < 1.29 is 23.8 Å². The lowest BCUT2D eigenvalue weighted by Gasteiger charge is -2.31. The summed E-state index contributed by atoms with van der Waals surface area (Å²) in [7, 11) is 0. The molecule has 1 aromatic rings. The normalized spacial score (nSPS) is 21.4. The second-order valence-electron chi connectivity index (χ2n) is 4.92. The Morgan fingerprint density at radius 1 is 1.30 bits per heavy atom. The third-order valence-electron chi connectivity index (χ3n) is 3.50. The first-order valence-electron chi connectivity index (χ1n) is 6.97. The number of hydrogen-bond acceptors (Lipinski definition) is 6. The molecule has 1 saturated heterocycles. The summed E-state index contributed by atoms with van der Waals surface area (Å²) in [6, 6.07) is 6.84. The predicted octanol–water partition coefficient (Wildman–Crippen LogP) is 2.27. The number of morpholine rings is 1. The van der Waals surface area contributed by atoms with E-state index in [1.165, 1.54) is 0 Å². The molecule has 23 heavy (non-hydrogen) atoms. The molecule has 6 nitrogen and oxygen atoms in total. The van der Waals surface area contributed by atoms with Gasteiger partial charge in [0, 0.05) is 17.6 Å². The van der Waals surface area contributed by atoms with Crippen molar-refractivity contribution in [2.24, 2.45) is 0 Å². The monoisotopic (exact) mass is 401 g/mol. The van der Waals surface area contributed by atoms with Crippen LogP contribution >= 0.6 is 27.5 Å². The van der Waals surface area contributed by atoms with Crippen LogP contribution in [0.15, 0.2) is 39.5 Å². The standard InChI is InChI=1S/C15H13BrClNO5/c16-10-4-2-1-3-9(10)13(19)22-15-12(11(17)14(20)23-15)18-5-7-21-8-6-18/h1-4,15H,5-8H2/t15-/m0/s1. The van der Waals surface area contributed by atoms with E-state index in [0.29, 0.717) is 42.0 Å². The van der Waals surface area contributed by atoms with Crippen molar-refractivity contribution in [1.29, 1.82) is 0 Å². The summed E-state index contributed by atoms with van der Waals surface area (Å²) < 4.78 is 16.3. The van der Waals surface area contributed by atoms with Gasteiger partial charge in [-0.05, 0) is 28.1 Å². The molecule has 3 rings (SSSR count). The average Bonchev–Trinajstić information content (AvgIpc) is 2.83. The molecule has 0 aromatic heterocycles. The van der Waals surface area contributed by atoms with Crippen LogP contribution in [0.2, 0.25) is 0 Å². The number of nitrogens with zero attached hydrogens (tertiary/aromatic N) is 1. The number of cyclic esters (lactones) is 1. The molecule has 122 valence electrons. The summed E-state index contributed by atoms with van der Waals surface area (Å²) in [6.07, 6.45) is -1.15. The number of benzene rings is 1. The van der Waals surface area contributed by atoms with Crippen molar-refractivity contribution in [2.75, 3.05) is 26.3 Å². The van der Waals surface area contributed by atoms with Gasteiger partial charge >= 0.3 is 11.9 Å². The Morgan fingerprint density at radius 3 is 2.70 bits per heavy atom. The van der Waals surface area contributed by atoms with Gasteiger partial charge in [-0.2, -0.15) is 0 Å². The summed E-state index contributed by atoms with van der Waals surface area (Å²) in [5.41, 5.74) is 0.716. The summed E-state index contributed by atoms with van der Waals surface area (Å²) >= 11 is 9.33. The van der Waals surface area contributed by atoms with Gasteiger partial charge in [-0.3, -0.25) is 0 Å². The first kappa shape index (κ1) is 16.3. The molecule has 0 unspecified atom stereocenters. The van der Waals surface area contributed by atoms with Crippen molar-refractivity contribution >= 4 is 39.5 Å². The number of halogens is 2. The van der Waals surface area contributed by atoms with E-state index in [4.69, 9.17) is 25.8 Å². The highest BCUT2D eigenvalue weighted by atomic mass is 79.9. The molecule has 2 aliphatic rings. The number of ether oxygens (including phenoxy) is 3. The third kappa shape index (κ3) is 3.36. The second-order valence-corrected chi connectivity index (χ2v) is 6.15. The molecule has 2 heterocycles. The van der Waals surface area contributed by atoms with Gasteiger partial charge in [0.05, 0.1) is 18.8 Å². The maximum Gasteiger partial charge on any atom is 0.355 e. The number of esters is 2. The first-order chi connectivity index (χ1) is 11.1. The van der Waals surface area contributed by atoms with E-state index in [1.807, 2.05) is 4.90 Å². The van der Waals surface area contributed by atoms with Crippen LogP contribution in [0.1, 0.15) is 10.4 Å². The van der Waals surface area contributed by atoms with Gasteiger partial charge in [0.1, 0.15) is 5.70 Å². The van der Waals surface area contributed by atoms with E-state index < -0.39 is 18.2 Å². The van der Waals surface area contributed by atoms with Gasteiger partial charge < -0.3 is 19.1 Å². The lowest BCUT2D eigenvalue weighted by atomic mass is 10.2. The number of carbonyl (C=O) groups is 2. The Bertz CT molecular complexity index is 672. The molecule has 1 aromatic carbocycles. The molecule has 0 amide bonds. The van der Waals surface area contributed by atoms with Crippen LogP contribution in [0.3, 0.4) is 0 Å². The molecular weight excluding hydrogens is 390 g/mol. The zero-order valence-corrected chi connectivity index (χ0v) is 14.3. The number of hydrogen-bond donors (Lipinski definition) is 0. The minimum atomic E-state index is -1.15. The fourth-order valence-corrected chi connectivity index (χ4v) is 3.07. The largest absolute Gasteiger partial charge is 0.415 e. The SMILES string of the molecule is O=C1O[C@H](OC(=O)c2ccccc2Br)C(N2CCOCC2)=C1Cl. The maximum absolute atomic E-state index is 12.3. The Labute approximate surface area is 146 Å². The molecule has 0 saturated carbocycles. The van der Waals surface area contributed by atoms with Gasteiger partial charge in [-0.1, -0.05) is 23.7 Å². The zero-order valence-electron chi connectivity index (χ0n) is 12.0. The van der Waals surface area contributed by atoms with E-state index in [9.17, 15) is 9.59 Å². The van der Waals surface area contributed by atoms with Crippen molar-refractivity contribution in [3.8, 4) is 0 Å². The second kappa shape index (κ2) is 6.90. The van der Waals surface area contributed by atoms with Crippen molar-refractivity contribution in [3.63, 3.8) is 0 Å². The van der Waals surface area contributed by atoms with E-state index in [-0.39, 0.29) is 5.03 Å². The van der Waals surface area contributed by atoms with E-state index in [0.717, 1.165) is 0 Å². The minimum absolute atomic E-state index is 0.0585. The van der Waals surface area contributed by atoms with E-state index in [1.54, 1.807) is 24.3 Å². The highest BCUT2D eigenvalue weighted by molar-refractivity contribution is 9.10. The van der Waals surface area contributed by atoms with Crippen LogP contribution in [0.4, 0.5) is 0 Å². The summed E-state index contributed by atoms with van der Waals surface area (Å²) in [5, 5.41) is -0.0585. The quantitative estimate of drug-likeness (QED) is 0.723. The number of carbonyl (C=O) groups excluding carboxylic acids is 2.